The van der Waals surface area contributed by atoms with E-state index in [1.54, 1.807) is 0 Å². The van der Waals surface area contributed by atoms with Crippen molar-refractivity contribution in [3.05, 3.63) is 59.2 Å². The molecule has 0 unspecified atom stereocenters. The van der Waals surface area contributed by atoms with E-state index < -0.39 is 0 Å². The Kier molecular flexibility index (Phi) is 5.20. The third-order valence-corrected chi connectivity index (χ3v) is 4.35. The minimum Gasteiger partial charge on any atom is -0.454 e. The molecule has 0 spiro atoms. The average molecular weight is 342 g/mol. The van der Waals surface area contributed by atoms with Gasteiger partial charge in [-0.3, -0.25) is 0 Å². The van der Waals surface area contributed by atoms with E-state index in [1.165, 1.54) is 11.1 Å². The van der Waals surface area contributed by atoms with Crippen molar-refractivity contribution in [3.8, 4) is 11.5 Å². The lowest BCUT2D eigenvalue weighted by atomic mass is 10.0. The lowest BCUT2D eigenvalue weighted by Gasteiger charge is -2.20. The van der Waals surface area contributed by atoms with Crippen LogP contribution in [0.2, 0.25) is 0 Å². The van der Waals surface area contributed by atoms with Crippen molar-refractivity contribution < 1.29 is 9.47 Å². The summed E-state index contributed by atoms with van der Waals surface area (Å²) in [5.41, 5.74) is 3.61. The number of aryl methyl sites for hydroxylation is 1. The Bertz CT molecular complexity index is 716. The summed E-state index contributed by atoms with van der Waals surface area (Å²) in [6.07, 6.45) is 0.967. The van der Waals surface area contributed by atoms with E-state index in [9.17, 15) is 0 Å². The van der Waals surface area contributed by atoms with E-state index in [4.69, 9.17) is 21.7 Å². The lowest BCUT2D eigenvalue weighted by molar-refractivity contribution is 0.174. The molecule has 1 aliphatic rings. The van der Waals surface area contributed by atoms with E-state index in [-0.39, 0.29) is 6.04 Å². The minimum absolute atomic E-state index is 0.211. The number of thiocarbonyl (C=S) groups is 1. The summed E-state index contributed by atoms with van der Waals surface area (Å²) in [6.45, 7) is 5.18. The normalized spacial score (nSPS) is 13.4. The van der Waals surface area contributed by atoms with Gasteiger partial charge in [0.05, 0.1) is 6.04 Å². The van der Waals surface area contributed by atoms with Crippen LogP contribution in [0.15, 0.2) is 42.5 Å². The van der Waals surface area contributed by atoms with Gasteiger partial charge in [0.1, 0.15) is 0 Å². The average Bonchev–Trinajstić information content (AvgIpc) is 3.06. The first kappa shape index (κ1) is 16.6. The van der Waals surface area contributed by atoms with Gasteiger partial charge in [0.2, 0.25) is 6.79 Å². The molecule has 0 fully saturated rings. The summed E-state index contributed by atoms with van der Waals surface area (Å²) < 4.78 is 10.7. The molecule has 2 aromatic rings. The van der Waals surface area contributed by atoms with Gasteiger partial charge >= 0.3 is 0 Å². The highest BCUT2D eigenvalue weighted by atomic mass is 32.1. The predicted octanol–water partition coefficient (Wildman–Crippen LogP) is 3.84. The van der Waals surface area contributed by atoms with Gasteiger partial charge in [0.25, 0.3) is 0 Å². The zero-order valence-electron chi connectivity index (χ0n) is 14.0. The van der Waals surface area contributed by atoms with Gasteiger partial charge in [-0.15, -0.1) is 0 Å². The van der Waals surface area contributed by atoms with Crippen molar-refractivity contribution >= 4 is 17.3 Å². The zero-order chi connectivity index (χ0) is 16.9. The quantitative estimate of drug-likeness (QED) is 0.808. The molecular weight excluding hydrogens is 320 g/mol. The van der Waals surface area contributed by atoms with Gasteiger partial charge in [0, 0.05) is 6.54 Å². The number of fused-ring (bicyclic) bond motifs is 1. The molecule has 24 heavy (non-hydrogen) atoms. The van der Waals surface area contributed by atoms with Crippen LogP contribution in [0.3, 0.4) is 0 Å². The fraction of sp³-hybridized carbons (Fsp3) is 0.316. The molecule has 126 valence electrons. The molecule has 0 amide bonds. The van der Waals surface area contributed by atoms with Crippen molar-refractivity contribution in [3.63, 3.8) is 0 Å². The largest absolute Gasteiger partial charge is 0.454 e. The maximum Gasteiger partial charge on any atom is 0.231 e. The molecule has 3 rings (SSSR count). The van der Waals surface area contributed by atoms with E-state index in [0.29, 0.717) is 18.5 Å². The molecule has 0 saturated carbocycles. The molecule has 5 heteroatoms. The van der Waals surface area contributed by atoms with Crippen LogP contribution in [0.1, 0.15) is 36.1 Å². The van der Waals surface area contributed by atoms with E-state index in [0.717, 1.165) is 23.5 Å². The summed E-state index contributed by atoms with van der Waals surface area (Å²) in [5.74, 6) is 1.59. The maximum atomic E-state index is 5.44. The molecule has 0 radical (unpaired) electrons. The highest BCUT2D eigenvalue weighted by molar-refractivity contribution is 7.80. The van der Waals surface area contributed by atoms with Crippen molar-refractivity contribution in [1.29, 1.82) is 0 Å². The second kappa shape index (κ2) is 7.53. The molecule has 4 nitrogen and oxygen atoms in total. The Hall–Kier alpha value is -2.27. The lowest BCUT2D eigenvalue weighted by Crippen LogP contribution is -2.37. The van der Waals surface area contributed by atoms with Crippen LogP contribution in [0.5, 0.6) is 11.5 Å². The van der Waals surface area contributed by atoms with Gasteiger partial charge < -0.3 is 20.1 Å². The Morgan fingerprint density at radius 2 is 1.88 bits per heavy atom. The number of hydrogen-bond donors (Lipinski definition) is 2. The predicted molar refractivity (Wildman–Crippen MR) is 99.3 cm³/mol. The zero-order valence-corrected chi connectivity index (χ0v) is 14.8. The minimum atomic E-state index is 0.211. The first-order chi connectivity index (χ1) is 11.7. The number of benzene rings is 2. The summed E-state index contributed by atoms with van der Waals surface area (Å²) in [7, 11) is 0. The van der Waals surface area contributed by atoms with Crippen molar-refractivity contribution in [1.82, 2.24) is 10.6 Å². The summed E-state index contributed by atoms with van der Waals surface area (Å²) >= 11 is 5.44. The number of ether oxygens (including phenoxy) is 2. The van der Waals surface area contributed by atoms with Gasteiger partial charge in [0.15, 0.2) is 16.6 Å². The second-order valence-electron chi connectivity index (χ2n) is 5.89. The molecule has 0 aromatic heterocycles. The monoisotopic (exact) mass is 342 g/mol. The molecule has 0 saturated heterocycles. The SMILES string of the molecule is CC[C@H](NC(=S)NCc1ccc2c(c1)OCO2)c1ccc(C)cc1. The number of nitrogens with one attached hydrogen (secondary N) is 2. The molecule has 2 aromatic carbocycles. The van der Waals surface area contributed by atoms with Crippen LogP contribution < -0.4 is 20.1 Å². The standard InChI is InChI=1S/C19H22N2O2S/c1-3-16(15-7-4-13(2)5-8-15)21-19(24)20-11-14-6-9-17-18(10-14)23-12-22-17/h4-10,16H,3,11-12H2,1-2H3,(H2,20,21,24)/t16-/m0/s1. The number of rotatable bonds is 5. The van der Waals surface area contributed by atoms with Gasteiger partial charge in [-0.2, -0.15) is 0 Å². The van der Waals surface area contributed by atoms with Crippen LogP contribution >= 0.6 is 12.2 Å². The van der Waals surface area contributed by atoms with Crippen LogP contribution in [0, 0.1) is 6.92 Å². The second-order valence-corrected chi connectivity index (χ2v) is 6.29. The van der Waals surface area contributed by atoms with Crippen LogP contribution in [0.25, 0.3) is 0 Å². The summed E-state index contributed by atoms with van der Waals surface area (Å²) in [4.78, 5) is 0. The van der Waals surface area contributed by atoms with Crippen LogP contribution in [-0.4, -0.2) is 11.9 Å². The molecule has 2 N–H and O–H groups in total. The van der Waals surface area contributed by atoms with Gasteiger partial charge in [-0.25, -0.2) is 0 Å². The Balaban J connectivity index is 1.55. The van der Waals surface area contributed by atoms with Gasteiger partial charge in [-0.05, 0) is 48.8 Å². The molecule has 1 atom stereocenters. The maximum absolute atomic E-state index is 5.44. The third-order valence-electron chi connectivity index (χ3n) is 4.08. The topological polar surface area (TPSA) is 42.5 Å². The van der Waals surface area contributed by atoms with Crippen molar-refractivity contribution in [2.45, 2.75) is 32.9 Å². The van der Waals surface area contributed by atoms with E-state index in [1.807, 2.05) is 18.2 Å². The van der Waals surface area contributed by atoms with Crippen molar-refractivity contribution in [2.24, 2.45) is 0 Å². The first-order valence-corrected chi connectivity index (χ1v) is 8.56. The fourth-order valence-electron chi connectivity index (χ4n) is 2.66. The molecule has 1 heterocycles. The van der Waals surface area contributed by atoms with E-state index in [2.05, 4.69) is 48.7 Å². The molecule has 0 aliphatic carbocycles. The first-order valence-electron chi connectivity index (χ1n) is 8.15. The van der Waals surface area contributed by atoms with E-state index >= 15 is 0 Å². The highest BCUT2D eigenvalue weighted by Crippen LogP contribution is 2.32. The molecule has 0 bridgehead atoms. The highest BCUT2D eigenvalue weighted by Gasteiger charge is 2.14. The summed E-state index contributed by atoms with van der Waals surface area (Å²) in [6, 6.07) is 14.7. The van der Waals surface area contributed by atoms with Crippen LogP contribution in [-0.2, 0) is 6.54 Å². The van der Waals surface area contributed by atoms with Gasteiger partial charge in [-0.1, -0.05) is 42.8 Å². The Morgan fingerprint density at radius 1 is 1.12 bits per heavy atom. The van der Waals surface area contributed by atoms with Crippen molar-refractivity contribution in [2.75, 3.05) is 6.79 Å². The Labute approximate surface area is 148 Å². The molecule has 1 aliphatic heterocycles. The fourth-order valence-corrected chi connectivity index (χ4v) is 2.88. The Morgan fingerprint density at radius 3 is 2.62 bits per heavy atom. The number of hydrogen-bond acceptors (Lipinski definition) is 3. The third kappa shape index (κ3) is 3.97. The smallest absolute Gasteiger partial charge is 0.231 e. The molecular formula is C19H22N2O2S. The summed E-state index contributed by atoms with van der Waals surface area (Å²) in [5, 5.41) is 7.30. The van der Waals surface area contributed by atoms with Crippen LogP contribution in [0.4, 0.5) is 0 Å².